The van der Waals surface area contributed by atoms with E-state index >= 15 is 0 Å². The highest BCUT2D eigenvalue weighted by atomic mass is 35.5. The van der Waals surface area contributed by atoms with E-state index < -0.39 is 0 Å². The highest BCUT2D eigenvalue weighted by Crippen LogP contribution is 2.23. The molecule has 0 aliphatic carbocycles. The first kappa shape index (κ1) is 20.9. The molecule has 126 valence electrons. The van der Waals surface area contributed by atoms with Crippen LogP contribution < -0.4 is 11.1 Å². The van der Waals surface area contributed by atoms with Crippen LogP contribution in [0.3, 0.4) is 0 Å². The summed E-state index contributed by atoms with van der Waals surface area (Å²) >= 11 is 0. The molecule has 0 radical (unpaired) electrons. The van der Waals surface area contributed by atoms with Crippen molar-refractivity contribution in [1.29, 1.82) is 0 Å². The number of nitrogens with two attached hydrogens (primary N) is 1. The Morgan fingerprint density at radius 3 is 2.36 bits per heavy atom. The van der Waals surface area contributed by atoms with Gasteiger partial charge in [-0.2, -0.15) is 0 Å². The fourth-order valence-electron chi connectivity index (χ4n) is 3.00. The van der Waals surface area contributed by atoms with Crippen LogP contribution in [0.25, 0.3) is 0 Å². The Kier molecular flexibility index (Phi) is 8.72. The summed E-state index contributed by atoms with van der Waals surface area (Å²) in [6, 6.07) is 8.25. The zero-order chi connectivity index (χ0) is 16.0. The van der Waals surface area contributed by atoms with Crippen LogP contribution in [-0.4, -0.2) is 18.0 Å². The minimum Gasteiger partial charge on any atom is -0.350 e. The third-order valence-electron chi connectivity index (χ3n) is 3.96. The predicted octanol–water partition coefficient (Wildman–Crippen LogP) is 3.79. The zero-order valence-corrected chi connectivity index (χ0v) is 15.3. The summed E-state index contributed by atoms with van der Waals surface area (Å²) in [5.41, 5.74) is 8.03. The van der Waals surface area contributed by atoms with Gasteiger partial charge in [-0.25, -0.2) is 0 Å². The minimum absolute atomic E-state index is 0. The van der Waals surface area contributed by atoms with Crippen LogP contribution in [0.5, 0.6) is 0 Å². The molecule has 2 atom stereocenters. The Labute approximate surface area is 141 Å². The molecule has 0 heterocycles. The van der Waals surface area contributed by atoms with Crippen molar-refractivity contribution in [1.82, 2.24) is 5.32 Å². The van der Waals surface area contributed by atoms with Crippen molar-refractivity contribution in [3.8, 4) is 0 Å². The summed E-state index contributed by atoms with van der Waals surface area (Å²) in [7, 11) is 0. The summed E-state index contributed by atoms with van der Waals surface area (Å²) in [5.74, 6) is 0.805. The van der Waals surface area contributed by atoms with Crippen LogP contribution in [0.1, 0.15) is 57.6 Å². The lowest BCUT2D eigenvalue weighted by atomic mass is 9.89. The van der Waals surface area contributed by atoms with Gasteiger partial charge in [0.05, 0.1) is 0 Å². The molecule has 2 unspecified atom stereocenters. The summed E-state index contributed by atoms with van der Waals surface area (Å²) in [6.07, 6.45) is 1.40. The Bertz CT molecular complexity index is 476. The van der Waals surface area contributed by atoms with E-state index in [1.807, 2.05) is 19.1 Å². The van der Waals surface area contributed by atoms with Crippen molar-refractivity contribution >= 4 is 18.3 Å². The molecule has 1 amide bonds. The standard InChI is InChI=1S/C18H30N2O.ClH/c1-13(2)11-18(5,12-19)20-17(21)10-15(4)16-9-7-6-8-14(16)3;/h6-9,13,15H,10-12,19H2,1-5H3,(H,20,21);1H. The number of hydrogen-bond acceptors (Lipinski definition) is 2. The quantitative estimate of drug-likeness (QED) is 0.801. The topological polar surface area (TPSA) is 55.1 Å². The van der Waals surface area contributed by atoms with Gasteiger partial charge in [0.25, 0.3) is 0 Å². The number of benzene rings is 1. The number of aryl methyl sites for hydroxylation is 1. The Balaban J connectivity index is 0.00000441. The molecule has 0 aliphatic rings. The average molecular weight is 327 g/mol. The number of carbonyl (C=O) groups is 1. The third-order valence-corrected chi connectivity index (χ3v) is 3.96. The average Bonchev–Trinajstić information content (AvgIpc) is 2.37. The van der Waals surface area contributed by atoms with Crippen LogP contribution in [0.2, 0.25) is 0 Å². The van der Waals surface area contributed by atoms with Crippen molar-refractivity contribution in [2.24, 2.45) is 11.7 Å². The third kappa shape index (κ3) is 6.37. The summed E-state index contributed by atoms with van der Waals surface area (Å²) in [4.78, 5) is 12.3. The van der Waals surface area contributed by atoms with Crippen LogP contribution in [0.15, 0.2) is 24.3 Å². The Morgan fingerprint density at radius 2 is 1.86 bits per heavy atom. The largest absolute Gasteiger partial charge is 0.350 e. The van der Waals surface area contributed by atoms with Gasteiger partial charge in [0.1, 0.15) is 0 Å². The molecule has 3 nitrogen and oxygen atoms in total. The van der Waals surface area contributed by atoms with Gasteiger partial charge < -0.3 is 11.1 Å². The first-order chi connectivity index (χ1) is 9.77. The van der Waals surface area contributed by atoms with E-state index in [0.29, 0.717) is 18.9 Å². The van der Waals surface area contributed by atoms with Gasteiger partial charge in [0.15, 0.2) is 0 Å². The molecule has 1 aromatic rings. The number of nitrogens with one attached hydrogen (secondary N) is 1. The molecule has 0 saturated heterocycles. The lowest BCUT2D eigenvalue weighted by Gasteiger charge is -2.31. The molecule has 0 fully saturated rings. The zero-order valence-electron chi connectivity index (χ0n) is 14.5. The van der Waals surface area contributed by atoms with Gasteiger partial charge in [-0.3, -0.25) is 4.79 Å². The Hall–Kier alpha value is -1.06. The molecule has 0 bridgehead atoms. The van der Waals surface area contributed by atoms with Gasteiger partial charge >= 0.3 is 0 Å². The second-order valence-corrected chi connectivity index (χ2v) is 6.87. The van der Waals surface area contributed by atoms with Crippen LogP contribution in [0.4, 0.5) is 0 Å². The van der Waals surface area contributed by atoms with E-state index in [-0.39, 0.29) is 29.8 Å². The highest BCUT2D eigenvalue weighted by molar-refractivity contribution is 5.85. The molecule has 0 aromatic heterocycles. The molecule has 0 spiro atoms. The summed E-state index contributed by atoms with van der Waals surface area (Å²) in [5, 5.41) is 3.13. The highest BCUT2D eigenvalue weighted by Gasteiger charge is 2.26. The van der Waals surface area contributed by atoms with E-state index in [1.54, 1.807) is 0 Å². The lowest BCUT2D eigenvalue weighted by molar-refractivity contribution is -0.123. The second kappa shape index (κ2) is 9.16. The molecule has 0 saturated carbocycles. The molecule has 4 heteroatoms. The number of carbonyl (C=O) groups excluding carboxylic acids is 1. The van der Waals surface area contributed by atoms with E-state index in [2.05, 4.69) is 45.1 Å². The van der Waals surface area contributed by atoms with Crippen molar-refractivity contribution in [2.75, 3.05) is 6.54 Å². The molecule has 0 aliphatic heterocycles. The summed E-state index contributed by atoms with van der Waals surface area (Å²) in [6.45, 7) is 11.0. The summed E-state index contributed by atoms with van der Waals surface area (Å²) < 4.78 is 0. The second-order valence-electron chi connectivity index (χ2n) is 6.87. The van der Waals surface area contributed by atoms with Crippen LogP contribution in [-0.2, 0) is 4.79 Å². The first-order valence-corrected chi connectivity index (χ1v) is 7.84. The monoisotopic (exact) mass is 326 g/mol. The molecular weight excluding hydrogens is 296 g/mol. The van der Waals surface area contributed by atoms with Gasteiger partial charge in [0, 0.05) is 18.5 Å². The van der Waals surface area contributed by atoms with Crippen molar-refractivity contribution in [2.45, 2.75) is 58.9 Å². The molecule has 1 aromatic carbocycles. The number of amides is 1. The first-order valence-electron chi connectivity index (χ1n) is 7.84. The van der Waals surface area contributed by atoms with Gasteiger partial charge in [-0.05, 0) is 43.2 Å². The predicted molar refractivity (Wildman–Crippen MR) is 96.5 cm³/mol. The maximum atomic E-state index is 12.3. The van der Waals surface area contributed by atoms with E-state index in [9.17, 15) is 4.79 Å². The molecule has 22 heavy (non-hydrogen) atoms. The van der Waals surface area contributed by atoms with Crippen molar-refractivity contribution in [3.05, 3.63) is 35.4 Å². The maximum Gasteiger partial charge on any atom is 0.221 e. The number of hydrogen-bond donors (Lipinski definition) is 2. The van der Waals surface area contributed by atoms with Crippen LogP contribution >= 0.6 is 12.4 Å². The number of rotatable bonds is 7. The van der Waals surface area contributed by atoms with E-state index in [0.717, 1.165) is 6.42 Å². The fraction of sp³-hybridized carbons (Fsp3) is 0.611. The molecule has 3 N–H and O–H groups in total. The smallest absolute Gasteiger partial charge is 0.221 e. The van der Waals surface area contributed by atoms with Gasteiger partial charge in [0.2, 0.25) is 5.91 Å². The Morgan fingerprint density at radius 1 is 1.27 bits per heavy atom. The maximum absolute atomic E-state index is 12.3. The van der Waals surface area contributed by atoms with Crippen molar-refractivity contribution < 1.29 is 4.79 Å². The molecular formula is C18H31ClN2O. The van der Waals surface area contributed by atoms with E-state index in [1.165, 1.54) is 11.1 Å². The van der Waals surface area contributed by atoms with Crippen LogP contribution in [0, 0.1) is 12.8 Å². The van der Waals surface area contributed by atoms with Crippen molar-refractivity contribution in [3.63, 3.8) is 0 Å². The normalized spacial score (nSPS) is 14.9. The van der Waals surface area contributed by atoms with E-state index in [4.69, 9.17) is 5.73 Å². The SMILES string of the molecule is Cc1ccccc1C(C)CC(=O)NC(C)(CN)CC(C)C.Cl. The lowest BCUT2D eigenvalue weighted by Crippen LogP contribution is -2.52. The van der Waals surface area contributed by atoms with Gasteiger partial charge in [-0.1, -0.05) is 45.0 Å². The molecule has 1 rings (SSSR count). The van der Waals surface area contributed by atoms with Gasteiger partial charge in [-0.15, -0.1) is 12.4 Å². The fourth-order valence-corrected chi connectivity index (χ4v) is 3.00. The minimum atomic E-state index is -0.309. The number of halogens is 1.